The maximum Gasteiger partial charge on any atom is 0.167 e. The van der Waals surface area contributed by atoms with Gasteiger partial charge in [-0.25, -0.2) is 0 Å². The van der Waals surface area contributed by atoms with Crippen molar-refractivity contribution in [3.05, 3.63) is 33.8 Å². The van der Waals surface area contributed by atoms with Crippen LogP contribution in [0.2, 0.25) is 10.0 Å². The molecule has 18 heavy (non-hydrogen) atoms. The molecule has 1 aliphatic rings. The summed E-state index contributed by atoms with van der Waals surface area (Å²) >= 11 is 12.0. The second-order valence-electron chi connectivity index (χ2n) is 5.45. The highest BCUT2D eigenvalue weighted by molar-refractivity contribution is 6.36. The molecular formula is C15H18Cl2O. The third-order valence-electron chi connectivity index (χ3n) is 4.16. The van der Waals surface area contributed by atoms with E-state index >= 15 is 0 Å². The quantitative estimate of drug-likeness (QED) is 0.678. The van der Waals surface area contributed by atoms with Crippen LogP contribution in [0.1, 0.15) is 43.5 Å². The molecule has 98 valence electrons. The molecule has 0 saturated heterocycles. The molecule has 1 aliphatic carbocycles. The zero-order valence-corrected chi connectivity index (χ0v) is 12.3. The van der Waals surface area contributed by atoms with Crippen LogP contribution in [0.5, 0.6) is 0 Å². The van der Waals surface area contributed by atoms with E-state index in [0.717, 1.165) is 19.3 Å². The number of carbonyl (C=O) groups excluding carboxylic acids is 1. The Morgan fingerprint density at radius 2 is 1.89 bits per heavy atom. The number of carbonyl (C=O) groups is 1. The van der Waals surface area contributed by atoms with Crippen molar-refractivity contribution in [3.8, 4) is 0 Å². The number of halogens is 2. The van der Waals surface area contributed by atoms with Gasteiger partial charge >= 0.3 is 0 Å². The van der Waals surface area contributed by atoms with E-state index in [4.69, 9.17) is 23.2 Å². The van der Waals surface area contributed by atoms with Crippen molar-refractivity contribution in [2.24, 2.45) is 17.8 Å². The van der Waals surface area contributed by atoms with Gasteiger partial charge < -0.3 is 0 Å². The summed E-state index contributed by atoms with van der Waals surface area (Å²) in [5.74, 6) is 1.57. The highest BCUT2D eigenvalue weighted by Crippen LogP contribution is 2.36. The Balaban J connectivity index is 2.19. The summed E-state index contributed by atoms with van der Waals surface area (Å²) < 4.78 is 0. The lowest BCUT2D eigenvalue weighted by atomic mass is 9.73. The van der Waals surface area contributed by atoms with Crippen LogP contribution in [0.4, 0.5) is 0 Å². The van der Waals surface area contributed by atoms with Crippen molar-refractivity contribution < 1.29 is 4.79 Å². The van der Waals surface area contributed by atoms with Crippen molar-refractivity contribution in [1.82, 2.24) is 0 Å². The first kappa shape index (κ1) is 13.9. The van der Waals surface area contributed by atoms with Gasteiger partial charge in [-0.3, -0.25) is 4.79 Å². The highest BCUT2D eigenvalue weighted by Gasteiger charge is 2.30. The number of Topliss-reactive ketones (excluding diaryl/α,β-unsaturated/α-hetero) is 1. The van der Waals surface area contributed by atoms with E-state index in [1.165, 1.54) is 0 Å². The molecule has 1 nitrogen and oxygen atoms in total. The number of hydrogen-bond donors (Lipinski definition) is 0. The molecule has 0 spiro atoms. The summed E-state index contributed by atoms with van der Waals surface area (Å²) in [5, 5.41) is 1.08. The highest BCUT2D eigenvalue weighted by atomic mass is 35.5. The normalized spacial score (nSPS) is 28.1. The van der Waals surface area contributed by atoms with E-state index in [1.807, 2.05) is 0 Å². The van der Waals surface area contributed by atoms with E-state index in [0.29, 0.717) is 27.4 Å². The smallest absolute Gasteiger partial charge is 0.167 e. The van der Waals surface area contributed by atoms with Gasteiger partial charge in [0, 0.05) is 16.5 Å². The zero-order chi connectivity index (χ0) is 13.3. The second-order valence-corrected chi connectivity index (χ2v) is 6.30. The first-order valence-corrected chi connectivity index (χ1v) is 7.24. The maximum atomic E-state index is 12.5. The molecule has 0 aromatic heterocycles. The van der Waals surface area contributed by atoms with Crippen LogP contribution in [0, 0.1) is 17.8 Å². The minimum absolute atomic E-state index is 0.104. The molecule has 3 unspecified atom stereocenters. The molecule has 0 aliphatic heterocycles. The van der Waals surface area contributed by atoms with Gasteiger partial charge in [-0.15, -0.1) is 0 Å². The largest absolute Gasteiger partial charge is 0.294 e. The fourth-order valence-electron chi connectivity index (χ4n) is 2.69. The molecule has 3 heteroatoms. The molecule has 0 heterocycles. The Kier molecular flexibility index (Phi) is 4.34. The van der Waals surface area contributed by atoms with Gasteiger partial charge in [-0.1, -0.05) is 37.0 Å². The summed E-state index contributed by atoms with van der Waals surface area (Å²) in [5.41, 5.74) is 0.580. The minimum atomic E-state index is 0.104. The molecule has 1 aromatic carbocycles. The van der Waals surface area contributed by atoms with Crippen LogP contribution in [0.3, 0.4) is 0 Å². The van der Waals surface area contributed by atoms with Crippen LogP contribution in [0.15, 0.2) is 18.2 Å². The summed E-state index contributed by atoms with van der Waals surface area (Å²) in [6, 6.07) is 5.10. The van der Waals surface area contributed by atoms with E-state index < -0.39 is 0 Å². The standard InChI is InChI=1S/C15H18Cl2O/c1-9-3-4-11(7-10(9)2)15(18)13-8-12(16)5-6-14(13)17/h5-6,8-11H,3-4,7H2,1-2H3. The lowest BCUT2D eigenvalue weighted by Crippen LogP contribution is -2.26. The Morgan fingerprint density at radius 3 is 2.56 bits per heavy atom. The second kappa shape index (κ2) is 5.63. The molecule has 1 fully saturated rings. The fraction of sp³-hybridized carbons (Fsp3) is 0.533. The van der Waals surface area contributed by atoms with Crippen molar-refractivity contribution in [2.75, 3.05) is 0 Å². The fourth-order valence-corrected chi connectivity index (χ4v) is 3.07. The Hall–Kier alpha value is -0.530. The van der Waals surface area contributed by atoms with Crippen molar-refractivity contribution in [2.45, 2.75) is 33.1 Å². The van der Waals surface area contributed by atoms with Gasteiger partial charge in [-0.2, -0.15) is 0 Å². The number of hydrogen-bond acceptors (Lipinski definition) is 1. The Labute approximate surface area is 118 Å². The molecule has 1 saturated carbocycles. The summed E-state index contributed by atoms with van der Waals surface area (Å²) in [6.45, 7) is 4.49. The van der Waals surface area contributed by atoms with E-state index in [-0.39, 0.29) is 11.7 Å². The van der Waals surface area contributed by atoms with Gasteiger partial charge in [0.2, 0.25) is 0 Å². The molecule has 0 N–H and O–H groups in total. The van der Waals surface area contributed by atoms with E-state index in [2.05, 4.69) is 13.8 Å². The average molecular weight is 285 g/mol. The van der Waals surface area contributed by atoms with Crippen molar-refractivity contribution in [1.29, 1.82) is 0 Å². The summed E-state index contributed by atoms with van der Waals surface area (Å²) in [6.07, 6.45) is 3.05. The lowest BCUT2D eigenvalue weighted by molar-refractivity contribution is 0.0838. The minimum Gasteiger partial charge on any atom is -0.294 e. The third-order valence-corrected chi connectivity index (χ3v) is 4.73. The maximum absolute atomic E-state index is 12.5. The van der Waals surface area contributed by atoms with Gasteiger partial charge in [0.1, 0.15) is 0 Å². The van der Waals surface area contributed by atoms with Crippen molar-refractivity contribution >= 4 is 29.0 Å². The number of benzene rings is 1. The van der Waals surface area contributed by atoms with Gasteiger partial charge in [0.05, 0.1) is 5.02 Å². The van der Waals surface area contributed by atoms with Gasteiger partial charge in [0.15, 0.2) is 5.78 Å². The summed E-state index contributed by atoms with van der Waals surface area (Å²) in [7, 11) is 0. The molecule has 1 aromatic rings. The monoisotopic (exact) mass is 284 g/mol. The van der Waals surface area contributed by atoms with Crippen LogP contribution >= 0.6 is 23.2 Å². The van der Waals surface area contributed by atoms with Crippen molar-refractivity contribution in [3.63, 3.8) is 0 Å². The Morgan fingerprint density at radius 1 is 1.17 bits per heavy atom. The molecule has 3 atom stereocenters. The average Bonchev–Trinajstić information content (AvgIpc) is 2.35. The molecular weight excluding hydrogens is 267 g/mol. The number of rotatable bonds is 2. The van der Waals surface area contributed by atoms with Gasteiger partial charge in [-0.05, 0) is 49.3 Å². The predicted molar refractivity (Wildman–Crippen MR) is 76.5 cm³/mol. The van der Waals surface area contributed by atoms with E-state index in [1.54, 1.807) is 18.2 Å². The first-order valence-electron chi connectivity index (χ1n) is 6.48. The van der Waals surface area contributed by atoms with Gasteiger partial charge in [0.25, 0.3) is 0 Å². The lowest BCUT2D eigenvalue weighted by Gasteiger charge is -2.31. The predicted octanol–water partition coefficient (Wildman–Crippen LogP) is 5.25. The zero-order valence-electron chi connectivity index (χ0n) is 10.7. The molecule has 2 rings (SSSR count). The molecule has 0 amide bonds. The Bertz CT molecular complexity index is 456. The van der Waals surface area contributed by atoms with E-state index in [9.17, 15) is 4.79 Å². The SMILES string of the molecule is CC1CCC(C(=O)c2cc(Cl)ccc2Cl)CC1C. The van der Waals surface area contributed by atoms with Crippen LogP contribution < -0.4 is 0 Å². The number of ketones is 1. The van der Waals surface area contributed by atoms with Crippen LogP contribution in [-0.4, -0.2) is 5.78 Å². The van der Waals surface area contributed by atoms with Crippen LogP contribution in [0.25, 0.3) is 0 Å². The van der Waals surface area contributed by atoms with Crippen LogP contribution in [-0.2, 0) is 0 Å². The molecule has 0 radical (unpaired) electrons. The molecule has 0 bridgehead atoms. The topological polar surface area (TPSA) is 17.1 Å². The third kappa shape index (κ3) is 2.89. The first-order chi connectivity index (χ1) is 8.49. The summed E-state index contributed by atoms with van der Waals surface area (Å²) in [4.78, 5) is 12.5.